The summed E-state index contributed by atoms with van der Waals surface area (Å²) in [5.41, 5.74) is 2.07. The summed E-state index contributed by atoms with van der Waals surface area (Å²) in [5, 5.41) is 9.58. The molecule has 132 valence electrons. The zero-order chi connectivity index (χ0) is 17.1. The first-order valence-electron chi connectivity index (χ1n) is 9.15. The number of amides is 2. The number of hydrogen-bond donors (Lipinski definition) is 2. The van der Waals surface area contributed by atoms with Crippen molar-refractivity contribution < 1.29 is 4.79 Å². The van der Waals surface area contributed by atoms with Crippen molar-refractivity contribution in [2.75, 3.05) is 18.4 Å². The fraction of sp³-hybridized carbons (Fsp3) is 0.474. The first-order chi connectivity index (χ1) is 12.3. The van der Waals surface area contributed by atoms with Crippen molar-refractivity contribution in [3.63, 3.8) is 0 Å². The fourth-order valence-corrected chi connectivity index (χ4v) is 4.26. The monoisotopic (exact) mass is 339 g/mol. The summed E-state index contributed by atoms with van der Waals surface area (Å²) in [7, 11) is 0. The number of benzene rings is 1. The predicted molar refractivity (Wildman–Crippen MR) is 97.2 cm³/mol. The fourth-order valence-electron chi connectivity index (χ4n) is 4.26. The zero-order valence-corrected chi connectivity index (χ0v) is 14.4. The third-order valence-electron chi connectivity index (χ3n) is 5.40. The van der Waals surface area contributed by atoms with Crippen molar-refractivity contribution in [2.24, 2.45) is 0 Å². The van der Waals surface area contributed by atoms with Crippen LogP contribution in [0.15, 0.2) is 42.7 Å². The molecule has 6 nitrogen and oxygen atoms in total. The molecule has 4 rings (SSSR count). The number of nitrogens with zero attached hydrogens (tertiary/aromatic N) is 3. The van der Waals surface area contributed by atoms with Crippen LogP contribution in [0.4, 0.5) is 10.5 Å². The summed E-state index contributed by atoms with van der Waals surface area (Å²) in [6, 6.07) is 11.4. The molecule has 2 aliphatic rings. The number of urea groups is 1. The van der Waals surface area contributed by atoms with Gasteiger partial charge in [-0.3, -0.25) is 10.00 Å². The minimum Gasteiger partial charge on any atom is -0.320 e. The third-order valence-corrected chi connectivity index (χ3v) is 5.40. The molecule has 6 heteroatoms. The van der Waals surface area contributed by atoms with Gasteiger partial charge in [0.15, 0.2) is 0 Å². The van der Waals surface area contributed by atoms with Crippen LogP contribution in [-0.4, -0.2) is 51.2 Å². The molecule has 1 aromatic carbocycles. The number of carbonyl (C=O) groups is 1. The normalized spacial score (nSPS) is 23.9. The number of likely N-dealkylation sites (tertiary alicyclic amines) is 2. The minimum atomic E-state index is -0.00420. The van der Waals surface area contributed by atoms with Crippen LogP contribution in [0, 0.1) is 0 Å². The lowest BCUT2D eigenvalue weighted by atomic mass is 10.0. The van der Waals surface area contributed by atoms with Gasteiger partial charge in [0.1, 0.15) is 0 Å². The first kappa shape index (κ1) is 16.1. The van der Waals surface area contributed by atoms with Crippen LogP contribution in [0.1, 0.15) is 31.2 Å². The van der Waals surface area contributed by atoms with Gasteiger partial charge in [-0.2, -0.15) is 5.10 Å². The van der Waals surface area contributed by atoms with E-state index in [1.54, 1.807) is 12.4 Å². The van der Waals surface area contributed by atoms with E-state index >= 15 is 0 Å². The standard InChI is InChI=1S/C19H25N5O/c25-19(22-16-12-20-21-13-16)24-11-5-9-18(24)17-8-4-10-23(17)14-15-6-2-1-3-7-15/h1-3,6-7,12-13,17-18H,4-5,8-11,14H2,(H,20,21)(H,22,25). The van der Waals surface area contributed by atoms with E-state index < -0.39 is 0 Å². The van der Waals surface area contributed by atoms with Gasteiger partial charge in [0.05, 0.1) is 11.9 Å². The van der Waals surface area contributed by atoms with Gasteiger partial charge in [-0.15, -0.1) is 0 Å². The summed E-state index contributed by atoms with van der Waals surface area (Å²) >= 11 is 0. The van der Waals surface area contributed by atoms with E-state index in [9.17, 15) is 4.79 Å². The van der Waals surface area contributed by atoms with E-state index in [-0.39, 0.29) is 6.03 Å². The number of H-pyrrole nitrogens is 1. The molecule has 2 saturated heterocycles. The van der Waals surface area contributed by atoms with Crippen molar-refractivity contribution in [1.29, 1.82) is 0 Å². The molecule has 2 aliphatic heterocycles. The van der Waals surface area contributed by atoms with Crippen LogP contribution < -0.4 is 5.32 Å². The quantitative estimate of drug-likeness (QED) is 0.900. The lowest BCUT2D eigenvalue weighted by Crippen LogP contribution is -2.49. The highest BCUT2D eigenvalue weighted by atomic mass is 16.2. The number of rotatable bonds is 4. The number of nitrogens with one attached hydrogen (secondary N) is 2. The van der Waals surface area contributed by atoms with Crippen LogP contribution in [0.25, 0.3) is 0 Å². The van der Waals surface area contributed by atoms with E-state index in [1.807, 2.05) is 4.90 Å². The Kier molecular flexibility index (Phi) is 4.70. The number of hydrogen-bond acceptors (Lipinski definition) is 3. The second-order valence-corrected chi connectivity index (χ2v) is 6.99. The topological polar surface area (TPSA) is 64.3 Å². The van der Waals surface area contributed by atoms with Crippen molar-refractivity contribution in [2.45, 2.75) is 44.3 Å². The van der Waals surface area contributed by atoms with E-state index in [2.05, 4.69) is 50.7 Å². The summed E-state index contributed by atoms with van der Waals surface area (Å²) in [6.45, 7) is 2.93. The maximum Gasteiger partial charge on any atom is 0.322 e. The lowest BCUT2D eigenvalue weighted by Gasteiger charge is -2.35. The Bertz CT molecular complexity index is 687. The van der Waals surface area contributed by atoms with Crippen molar-refractivity contribution in [1.82, 2.24) is 20.0 Å². The number of anilines is 1. The lowest BCUT2D eigenvalue weighted by molar-refractivity contribution is 0.142. The van der Waals surface area contributed by atoms with Gasteiger partial charge in [-0.1, -0.05) is 30.3 Å². The molecule has 0 spiro atoms. The minimum absolute atomic E-state index is 0.00420. The number of aromatic amines is 1. The van der Waals surface area contributed by atoms with Crippen LogP contribution in [0.3, 0.4) is 0 Å². The first-order valence-corrected chi connectivity index (χ1v) is 9.15. The van der Waals surface area contributed by atoms with Crippen LogP contribution in [0.5, 0.6) is 0 Å². The molecule has 2 N–H and O–H groups in total. The number of aromatic nitrogens is 2. The second kappa shape index (κ2) is 7.27. The molecule has 2 aromatic rings. The van der Waals surface area contributed by atoms with Gasteiger partial charge in [-0.25, -0.2) is 4.79 Å². The maximum absolute atomic E-state index is 12.7. The average Bonchev–Trinajstić information content (AvgIpc) is 3.36. The van der Waals surface area contributed by atoms with Gasteiger partial charge >= 0.3 is 6.03 Å². The second-order valence-electron chi connectivity index (χ2n) is 6.99. The smallest absolute Gasteiger partial charge is 0.320 e. The van der Waals surface area contributed by atoms with E-state index in [4.69, 9.17) is 0 Å². The molecule has 0 bridgehead atoms. The Morgan fingerprint density at radius 1 is 1.16 bits per heavy atom. The molecule has 2 fully saturated rings. The number of carbonyl (C=O) groups excluding carboxylic acids is 1. The molecule has 0 saturated carbocycles. The molecular weight excluding hydrogens is 314 g/mol. The average molecular weight is 339 g/mol. The molecule has 2 amide bonds. The maximum atomic E-state index is 12.7. The molecular formula is C19H25N5O. The Balaban J connectivity index is 1.44. The summed E-state index contributed by atoms with van der Waals surface area (Å²) in [6.07, 6.45) is 7.91. The third kappa shape index (κ3) is 3.54. The molecule has 3 heterocycles. The molecule has 0 radical (unpaired) electrons. The highest BCUT2D eigenvalue weighted by molar-refractivity contribution is 5.89. The van der Waals surface area contributed by atoms with E-state index in [0.29, 0.717) is 12.1 Å². The van der Waals surface area contributed by atoms with Gasteiger partial charge in [0, 0.05) is 31.4 Å². The van der Waals surface area contributed by atoms with E-state index in [1.165, 1.54) is 18.4 Å². The highest BCUT2D eigenvalue weighted by Crippen LogP contribution is 2.31. The Labute approximate surface area is 148 Å². The van der Waals surface area contributed by atoms with Gasteiger partial charge in [0.25, 0.3) is 0 Å². The largest absolute Gasteiger partial charge is 0.322 e. The predicted octanol–water partition coefficient (Wildman–Crippen LogP) is 3.07. The Morgan fingerprint density at radius 3 is 2.76 bits per heavy atom. The Hall–Kier alpha value is -2.34. The highest BCUT2D eigenvalue weighted by Gasteiger charge is 2.39. The van der Waals surface area contributed by atoms with Gasteiger partial charge < -0.3 is 10.2 Å². The molecule has 2 unspecified atom stereocenters. The van der Waals surface area contributed by atoms with Gasteiger partial charge in [0.2, 0.25) is 0 Å². The van der Waals surface area contributed by atoms with Crippen molar-refractivity contribution >= 4 is 11.7 Å². The van der Waals surface area contributed by atoms with Gasteiger partial charge in [-0.05, 0) is 37.8 Å². The van der Waals surface area contributed by atoms with Crippen LogP contribution in [-0.2, 0) is 6.54 Å². The summed E-state index contributed by atoms with van der Waals surface area (Å²) < 4.78 is 0. The molecule has 0 aliphatic carbocycles. The zero-order valence-electron chi connectivity index (χ0n) is 14.4. The van der Waals surface area contributed by atoms with E-state index in [0.717, 1.165) is 38.2 Å². The molecule has 25 heavy (non-hydrogen) atoms. The Morgan fingerprint density at radius 2 is 1.96 bits per heavy atom. The summed E-state index contributed by atoms with van der Waals surface area (Å²) in [4.78, 5) is 17.3. The van der Waals surface area contributed by atoms with Crippen molar-refractivity contribution in [3.8, 4) is 0 Å². The SMILES string of the molecule is O=C(Nc1cn[nH]c1)N1CCCC1C1CCCN1Cc1ccccc1. The molecule has 1 aromatic heterocycles. The molecule has 2 atom stereocenters. The van der Waals surface area contributed by atoms with Crippen molar-refractivity contribution in [3.05, 3.63) is 48.3 Å². The van der Waals surface area contributed by atoms with Crippen LogP contribution in [0.2, 0.25) is 0 Å². The van der Waals surface area contributed by atoms with Crippen LogP contribution >= 0.6 is 0 Å². The summed E-state index contributed by atoms with van der Waals surface area (Å²) in [5.74, 6) is 0.